The SMILES string of the molecule is O=C(O)c1cccc2[nH]nc(-c3ccccc3CN3CCOCC3)c12. The van der Waals surface area contributed by atoms with Crippen molar-refractivity contribution in [1.82, 2.24) is 15.1 Å². The Morgan fingerprint density at radius 2 is 1.96 bits per heavy atom. The van der Waals surface area contributed by atoms with Gasteiger partial charge in [0.2, 0.25) is 0 Å². The lowest BCUT2D eigenvalue weighted by molar-refractivity contribution is 0.0342. The molecule has 0 bridgehead atoms. The van der Waals surface area contributed by atoms with Crippen LogP contribution in [0.15, 0.2) is 42.5 Å². The average molecular weight is 337 g/mol. The number of benzene rings is 2. The van der Waals surface area contributed by atoms with E-state index in [2.05, 4.69) is 21.2 Å². The number of aromatic nitrogens is 2. The van der Waals surface area contributed by atoms with Gasteiger partial charge in [0, 0.05) is 30.6 Å². The zero-order chi connectivity index (χ0) is 17.2. The summed E-state index contributed by atoms with van der Waals surface area (Å²) in [5.41, 5.74) is 3.79. The Hall–Kier alpha value is -2.70. The summed E-state index contributed by atoms with van der Waals surface area (Å²) in [6, 6.07) is 13.2. The Morgan fingerprint density at radius 1 is 1.16 bits per heavy atom. The molecule has 1 aliphatic rings. The first-order valence-electron chi connectivity index (χ1n) is 8.33. The molecule has 25 heavy (non-hydrogen) atoms. The molecule has 1 aliphatic heterocycles. The molecular weight excluding hydrogens is 318 g/mol. The second-order valence-corrected chi connectivity index (χ2v) is 6.15. The topological polar surface area (TPSA) is 78.4 Å². The van der Waals surface area contributed by atoms with Gasteiger partial charge >= 0.3 is 5.97 Å². The van der Waals surface area contributed by atoms with Crippen molar-refractivity contribution in [3.8, 4) is 11.3 Å². The number of H-pyrrole nitrogens is 1. The summed E-state index contributed by atoms with van der Waals surface area (Å²) in [7, 11) is 0. The third-order valence-electron chi connectivity index (χ3n) is 4.59. The molecule has 0 unspecified atom stereocenters. The minimum atomic E-state index is -0.945. The maximum absolute atomic E-state index is 11.6. The van der Waals surface area contributed by atoms with Gasteiger partial charge in [-0.05, 0) is 17.7 Å². The van der Waals surface area contributed by atoms with Crippen LogP contribution in [0, 0.1) is 0 Å². The molecule has 0 radical (unpaired) electrons. The fourth-order valence-corrected chi connectivity index (χ4v) is 3.34. The van der Waals surface area contributed by atoms with Crippen LogP contribution in [0.1, 0.15) is 15.9 Å². The number of nitrogens with one attached hydrogen (secondary N) is 1. The van der Waals surface area contributed by atoms with Crippen LogP contribution in [-0.4, -0.2) is 52.5 Å². The third kappa shape index (κ3) is 3.01. The average Bonchev–Trinajstić information content (AvgIpc) is 3.07. The van der Waals surface area contributed by atoms with Crippen molar-refractivity contribution in [2.75, 3.05) is 26.3 Å². The van der Waals surface area contributed by atoms with E-state index in [1.54, 1.807) is 12.1 Å². The molecule has 1 saturated heterocycles. The highest BCUT2D eigenvalue weighted by Crippen LogP contribution is 2.32. The number of carboxylic acids is 1. The smallest absolute Gasteiger partial charge is 0.336 e. The summed E-state index contributed by atoms with van der Waals surface area (Å²) < 4.78 is 5.42. The standard InChI is InChI=1S/C19H19N3O3/c23-19(24)15-6-3-7-16-17(15)18(21-20-16)14-5-2-1-4-13(14)12-22-8-10-25-11-9-22/h1-7H,8-12H2,(H,20,21)(H,23,24). The van der Waals surface area contributed by atoms with E-state index in [9.17, 15) is 9.90 Å². The van der Waals surface area contributed by atoms with Gasteiger partial charge in [-0.2, -0.15) is 5.10 Å². The molecule has 6 nitrogen and oxygen atoms in total. The third-order valence-corrected chi connectivity index (χ3v) is 4.59. The quantitative estimate of drug-likeness (QED) is 0.765. The number of hydrogen-bond donors (Lipinski definition) is 2. The lowest BCUT2D eigenvalue weighted by Crippen LogP contribution is -2.35. The molecule has 2 N–H and O–H groups in total. The zero-order valence-corrected chi connectivity index (χ0v) is 13.7. The van der Waals surface area contributed by atoms with E-state index in [4.69, 9.17) is 4.74 Å². The maximum atomic E-state index is 11.6. The molecule has 0 atom stereocenters. The number of aromatic carboxylic acids is 1. The predicted molar refractivity (Wildman–Crippen MR) is 94.6 cm³/mol. The van der Waals surface area contributed by atoms with Crippen LogP contribution in [-0.2, 0) is 11.3 Å². The van der Waals surface area contributed by atoms with Gasteiger partial charge in [-0.3, -0.25) is 10.00 Å². The Morgan fingerprint density at radius 3 is 2.76 bits per heavy atom. The van der Waals surface area contributed by atoms with Crippen LogP contribution in [0.3, 0.4) is 0 Å². The number of fused-ring (bicyclic) bond motifs is 1. The van der Waals surface area contributed by atoms with E-state index in [0.29, 0.717) is 11.1 Å². The van der Waals surface area contributed by atoms with Gasteiger partial charge in [0.1, 0.15) is 5.69 Å². The highest BCUT2D eigenvalue weighted by Gasteiger charge is 2.19. The monoisotopic (exact) mass is 337 g/mol. The van der Waals surface area contributed by atoms with Gasteiger partial charge in [-0.1, -0.05) is 30.3 Å². The van der Waals surface area contributed by atoms with Gasteiger partial charge in [0.25, 0.3) is 0 Å². The number of carboxylic acid groups (broad SMARTS) is 1. The highest BCUT2D eigenvalue weighted by molar-refractivity contribution is 6.08. The van der Waals surface area contributed by atoms with Crippen molar-refractivity contribution >= 4 is 16.9 Å². The second kappa shape index (κ2) is 6.66. The summed E-state index contributed by atoms with van der Waals surface area (Å²) in [5, 5.41) is 17.6. The van der Waals surface area contributed by atoms with E-state index >= 15 is 0 Å². The Kier molecular flexibility index (Phi) is 4.21. The summed E-state index contributed by atoms with van der Waals surface area (Å²) >= 11 is 0. The first-order valence-corrected chi connectivity index (χ1v) is 8.33. The fourth-order valence-electron chi connectivity index (χ4n) is 3.34. The predicted octanol–water partition coefficient (Wildman–Crippen LogP) is 2.76. The van der Waals surface area contributed by atoms with Gasteiger partial charge in [0.05, 0.1) is 24.3 Å². The molecule has 1 fully saturated rings. The molecule has 6 heteroatoms. The zero-order valence-electron chi connectivity index (χ0n) is 13.7. The van der Waals surface area contributed by atoms with Gasteiger partial charge in [-0.15, -0.1) is 0 Å². The Balaban J connectivity index is 1.80. The lowest BCUT2D eigenvalue weighted by Gasteiger charge is -2.27. The van der Waals surface area contributed by atoms with E-state index in [1.807, 2.05) is 24.3 Å². The van der Waals surface area contributed by atoms with Crippen LogP contribution in [0.25, 0.3) is 22.2 Å². The van der Waals surface area contributed by atoms with Crippen molar-refractivity contribution in [3.05, 3.63) is 53.6 Å². The first kappa shape index (κ1) is 15.8. The van der Waals surface area contributed by atoms with E-state index in [1.165, 1.54) is 0 Å². The van der Waals surface area contributed by atoms with Crippen molar-refractivity contribution < 1.29 is 14.6 Å². The van der Waals surface area contributed by atoms with E-state index in [0.717, 1.165) is 49.5 Å². The molecule has 2 heterocycles. The second-order valence-electron chi connectivity index (χ2n) is 6.15. The summed E-state index contributed by atoms with van der Waals surface area (Å²) in [6.07, 6.45) is 0. The number of carbonyl (C=O) groups is 1. The fraction of sp³-hybridized carbons (Fsp3) is 0.263. The van der Waals surface area contributed by atoms with Crippen LogP contribution < -0.4 is 0 Å². The number of ether oxygens (including phenoxy) is 1. The summed E-state index contributed by atoms with van der Waals surface area (Å²) in [4.78, 5) is 14.0. The lowest BCUT2D eigenvalue weighted by atomic mass is 9.98. The minimum Gasteiger partial charge on any atom is -0.478 e. The molecule has 0 amide bonds. The highest BCUT2D eigenvalue weighted by atomic mass is 16.5. The van der Waals surface area contributed by atoms with Crippen molar-refractivity contribution in [1.29, 1.82) is 0 Å². The first-order chi connectivity index (χ1) is 12.2. The molecule has 0 aliphatic carbocycles. The summed E-state index contributed by atoms with van der Waals surface area (Å²) in [6.45, 7) is 4.09. The number of rotatable bonds is 4. The molecule has 0 saturated carbocycles. The van der Waals surface area contributed by atoms with E-state index < -0.39 is 5.97 Å². The van der Waals surface area contributed by atoms with Crippen LogP contribution in [0.2, 0.25) is 0 Å². The van der Waals surface area contributed by atoms with Gasteiger partial charge in [0.15, 0.2) is 0 Å². The van der Waals surface area contributed by atoms with E-state index in [-0.39, 0.29) is 5.56 Å². The molecule has 2 aromatic carbocycles. The molecule has 4 rings (SSSR count). The Bertz CT molecular complexity index is 913. The molecule has 3 aromatic rings. The van der Waals surface area contributed by atoms with Crippen molar-refractivity contribution in [3.63, 3.8) is 0 Å². The molecule has 128 valence electrons. The van der Waals surface area contributed by atoms with Crippen LogP contribution >= 0.6 is 0 Å². The largest absolute Gasteiger partial charge is 0.478 e. The van der Waals surface area contributed by atoms with Crippen molar-refractivity contribution in [2.45, 2.75) is 6.54 Å². The summed E-state index contributed by atoms with van der Waals surface area (Å²) in [5.74, 6) is -0.945. The van der Waals surface area contributed by atoms with Crippen LogP contribution in [0.5, 0.6) is 0 Å². The van der Waals surface area contributed by atoms with Gasteiger partial charge in [-0.25, -0.2) is 4.79 Å². The number of nitrogens with zero attached hydrogens (tertiary/aromatic N) is 2. The molecule has 1 aromatic heterocycles. The number of hydrogen-bond acceptors (Lipinski definition) is 4. The Labute approximate surface area is 145 Å². The number of morpholine rings is 1. The van der Waals surface area contributed by atoms with Gasteiger partial charge < -0.3 is 9.84 Å². The minimum absolute atomic E-state index is 0.266. The molecule has 0 spiro atoms. The van der Waals surface area contributed by atoms with Crippen LogP contribution in [0.4, 0.5) is 0 Å². The molecular formula is C19H19N3O3. The normalized spacial score (nSPS) is 15.5. The van der Waals surface area contributed by atoms with Crippen molar-refractivity contribution in [2.24, 2.45) is 0 Å². The number of aromatic amines is 1. The maximum Gasteiger partial charge on any atom is 0.336 e.